The Balaban J connectivity index is 1.36. The van der Waals surface area contributed by atoms with Crippen molar-refractivity contribution < 1.29 is 30.0 Å². The predicted octanol–water partition coefficient (Wildman–Crippen LogP) is 3.03. The summed E-state index contributed by atoms with van der Waals surface area (Å²) in [6.07, 6.45) is -3.79. The molecule has 4 rings (SSSR count). The molecule has 1 aliphatic rings. The van der Waals surface area contributed by atoms with Crippen LogP contribution in [0.25, 0.3) is 11.1 Å². The van der Waals surface area contributed by atoms with Gasteiger partial charge in [0.15, 0.2) is 0 Å². The van der Waals surface area contributed by atoms with Crippen LogP contribution in [0.4, 0.5) is 4.79 Å². The number of aliphatic hydroxyl groups excluding tert-OH is 2. The first-order valence-corrected chi connectivity index (χ1v) is 9.93. The minimum absolute atomic E-state index is 0.0909. The summed E-state index contributed by atoms with van der Waals surface area (Å²) in [6, 6.07) is 19.9. The molecule has 0 spiro atoms. The molecule has 0 saturated carbocycles. The van der Waals surface area contributed by atoms with E-state index in [0.717, 1.165) is 22.3 Å². The first kappa shape index (κ1) is 20.7. The van der Waals surface area contributed by atoms with E-state index < -0.39 is 18.3 Å². The lowest BCUT2D eigenvalue weighted by atomic mass is 9.98. The number of ether oxygens (including phenoxy) is 1. The smallest absolute Gasteiger partial charge is 0.407 e. The van der Waals surface area contributed by atoms with Gasteiger partial charge < -0.3 is 30.5 Å². The largest absolute Gasteiger partial charge is 0.507 e. The molecule has 5 N–H and O–H groups in total. The van der Waals surface area contributed by atoms with Gasteiger partial charge in [-0.05, 0) is 34.4 Å². The lowest BCUT2D eigenvalue weighted by Gasteiger charge is -2.20. The Morgan fingerprint density at radius 1 is 0.871 bits per heavy atom. The molecular weight excluding hydrogens is 398 g/mol. The zero-order chi connectivity index (χ0) is 22.0. The number of hydrogen-bond acceptors (Lipinski definition) is 6. The van der Waals surface area contributed by atoms with Crippen LogP contribution in [0.3, 0.4) is 0 Å². The van der Waals surface area contributed by atoms with Crippen molar-refractivity contribution in [2.24, 2.45) is 0 Å². The van der Waals surface area contributed by atoms with Gasteiger partial charge in [-0.15, -0.1) is 0 Å². The molecule has 0 aliphatic heterocycles. The zero-order valence-electron chi connectivity index (χ0n) is 16.6. The molecule has 2 unspecified atom stereocenters. The number of aliphatic hydroxyl groups is 2. The van der Waals surface area contributed by atoms with Crippen molar-refractivity contribution in [1.82, 2.24) is 5.32 Å². The minimum atomic E-state index is -1.59. The van der Waals surface area contributed by atoms with Gasteiger partial charge >= 0.3 is 6.09 Å². The minimum Gasteiger partial charge on any atom is -0.507 e. The zero-order valence-corrected chi connectivity index (χ0v) is 16.6. The number of carbonyl (C=O) groups is 1. The quantitative estimate of drug-likeness (QED) is 0.417. The molecule has 0 fully saturated rings. The van der Waals surface area contributed by atoms with E-state index in [9.17, 15) is 25.2 Å². The average molecular weight is 421 g/mol. The molecule has 0 aromatic heterocycles. The third kappa shape index (κ3) is 4.05. The van der Waals surface area contributed by atoms with Crippen molar-refractivity contribution in [1.29, 1.82) is 0 Å². The molecule has 7 heteroatoms. The number of amides is 1. The Morgan fingerprint density at radius 2 is 1.42 bits per heavy atom. The van der Waals surface area contributed by atoms with Crippen LogP contribution in [0.2, 0.25) is 0 Å². The summed E-state index contributed by atoms with van der Waals surface area (Å²) in [6.45, 7) is -0.204. The SMILES string of the molecule is O=C(NCC(O)C(O)c1c(O)cccc1O)OCC1c2ccccc2-c2ccccc21. The fourth-order valence-electron chi connectivity index (χ4n) is 3.99. The number of carbonyl (C=O) groups excluding carboxylic acids is 1. The average Bonchev–Trinajstić information content (AvgIpc) is 3.09. The van der Waals surface area contributed by atoms with Gasteiger partial charge in [-0.2, -0.15) is 0 Å². The summed E-state index contributed by atoms with van der Waals surface area (Å²) in [7, 11) is 0. The summed E-state index contributed by atoms with van der Waals surface area (Å²) < 4.78 is 5.38. The first-order valence-electron chi connectivity index (χ1n) is 9.93. The van der Waals surface area contributed by atoms with Crippen LogP contribution in [-0.2, 0) is 4.74 Å². The lowest BCUT2D eigenvalue weighted by Crippen LogP contribution is -2.36. The molecular formula is C24H23NO6. The second-order valence-electron chi connectivity index (χ2n) is 7.43. The number of rotatable bonds is 6. The van der Waals surface area contributed by atoms with E-state index in [4.69, 9.17) is 4.74 Å². The maximum absolute atomic E-state index is 12.2. The van der Waals surface area contributed by atoms with Crippen LogP contribution < -0.4 is 5.32 Å². The number of fused-ring (bicyclic) bond motifs is 3. The lowest BCUT2D eigenvalue weighted by molar-refractivity contribution is 0.0159. The maximum Gasteiger partial charge on any atom is 0.407 e. The third-order valence-corrected chi connectivity index (χ3v) is 5.52. The first-order chi connectivity index (χ1) is 15.0. The Morgan fingerprint density at radius 3 is 2.00 bits per heavy atom. The fourth-order valence-corrected chi connectivity index (χ4v) is 3.99. The summed E-state index contributed by atoms with van der Waals surface area (Å²) in [5.41, 5.74) is 4.20. The van der Waals surface area contributed by atoms with E-state index >= 15 is 0 Å². The van der Waals surface area contributed by atoms with Gasteiger partial charge in [-0.3, -0.25) is 0 Å². The maximum atomic E-state index is 12.2. The van der Waals surface area contributed by atoms with Gasteiger partial charge in [0.2, 0.25) is 0 Å². The Labute approximate surface area is 179 Å². The summed E-state index contributed by atoms with van der Waals surface area (Å²) >= 11 is 0. The summed E-state index contributed by atoms with van der Waals surface area (Å²) in [5, 5.41) is 42.4. The van der Waals surface area contributed by atoms with Gasteiger partial charge in [0, 0.05) is 12.5 Å². The van der Waals surface area contributed by atoms with E-state index in [1.807, 2.05) is 48.5 Å². The number of aromatic hydroxyl groups is 2. The molecule has 1 aliphatic carbocycles. The number of benzene rings is 3. The van der Waals surface area contributed by atoms with Crippen molar-refractivity contribution >= 4 is 6.09 Å². The highest BCUT2D eigenvalue weighted by Gasteiger charge is 2.29. The van der Waals surface area contributed by atoms with Crippen LogP contribution in [0, 0.1) is 0 Å². The molecule has 3 aromatic rings. The molecule has 7 nitrogen and oxygen atoms in total. The second kappa shape index (κ2) is 8.67. The normalized spacial score (nSPS) is 14.4. The number of hydrogen-bond donors (Lipinski definition) is 5. The van der Waals surface area contributed by atoms with Crippen LogP contribution in [0.5, 0.6) is 11.5 Å². The third-order valence-electron chi connectivity index (χ3n) is 5.52. The van der Waals surface area contributed by atoms with Crippen molar-refractivity contribution in [2.75, 3.05) is 13.2 Å². The van der Waals surface area contributed by atoms with E-state index in [0.29, 0.717) is 0 Å². The Kier molecular flexibility index (Phi) is 5.79. The molecule has 0 saturated heterocycles. The van der Waals surface area contributed by atoms with E-state index in [2.05, 4.69) is 5.32 Å². The molecule has 0 heterocycles. The van der Waals surface area contributed by atoms with Gasteiger partial charge in [0.25, 0.3) is 0 Å². The van der Waals surface area contributed by atoms with E-state index in [1.165, 1.54) is 18.2 Å². The molecule has 0 bridgehead atoms. The second-order valence-corrected chi connectivity index (χ2v) is 7.43. The highest BCUT2D eigenvalue weighted by molar-refractivity contribution is 5.79. The van der Waals surface area contributed by atoms with Crippen molar-refractivity contribution in [3.63, 3.8) is 0 Å². The Hall–Kier alpha value is -3.55. The van der Waals surface area contributed by atoms with Gasteiger partial charge in [0.1, 0.15) is 30.3 Å². The molecule has 160 valence electrons. The van der Waals surface area contributed by atoms with Crippen LogP contribution in [-0.4, -0.2) is 45.8 Å². The topological polar surface area (TPSA) is 119 Å². The van der Waals surface area contributed by atoms with Crippen LogP contribution >= 0.6 is 0 Å². The molecule has 0 radical (unpaired) electrons. The van der Waals surface area contributed by atoms with Crippen molar-refractivity contribution in [3.05, 3.63) is 83.4 Å². The number of alkyl carbamates (subject to hydrolysis) is 1. The highest BCUT2D eigenvalue weighted by atomic mass is 16.5. The molecule has 3 aromatic carbocycles. The highest BCUT2D eigenvalue weighted by Crippen LogP contribution is 2.44. The molecule has 1 amide bonds. The number of nitrogens with one attached hydrogen (secondary N) is 1. The summed E-state index contributed by atoms with van der Waals surface area (Å²) in [5.74, 6) is -0.799. The number of phenols is 2. The molecule has 31 heavy (non-hydrogen) atoms. The van der Waals surface area contributed by atoms with Crippen LogP contribution in [0.15, 0.2) is 66.7 Å². The monoisotopic (exact) mass is 421 g/mol. The molecule has 2 atom stereocenters. The van der Waals surface area contributed by atoms with Crippen molar-refractivity contribution in [2.45, 2.75) is 18.1 Å². The van der Waals surface area contributed by atoms with E-state index in [1.54, 1.807) is 0 Å². The fraction of sp³-hybridized carbons (Fsp3) is 0.208. The standard InChI is InChI=1S/C24H23NO6/c26-19-10-5-11-20(27)22(19)23(29)21(28)12-25-24(30)31-13-18-16-8-3-1-6-14(16)15-7-2-4-9-17(15)18/h1-11,18,21,23,26-29H,12-13H2,(H,25,30). The number of phenolic OH excluding ortho intramolecular Hbond substituents is 2. The van der Waals surface area contributed by atoms with Crippen molar-refractivity contribution in [3.8, 4) is 22.6 Å². The predicted molar refractivity (Wildman–Crippen MR) is 114 cm³/mol. The van der Waals surface area contributed by atoms with E-state index in [-0.39, 0.29) is 36.1 Å². The van der Waals surface area contributed by atoms with Crippen LogP contribution in [0.1, 0.15) is 28.7 Å². The Bertz CT molecular complexity index is 1030. The van der Waals surface area contributed by atoms with Gasteiger partial charge in [-0.1, -0.05) is 54.6 Å². The van der Waals surface area contributed by atoms with Gasteiger partial charge in [0.05, 0.1) is 5.56 Å². The van der Waals surface area contributed by atoms with Gasteiger partial charge in [-0.25, -0.2) is 4.79 Å². The summed E-state index contributed by atoms with van der Waals surface area (Å²) in [4.78, 5) is 12.2.